The lowest BCUT2D eigenvalue weighted by Crippen LogP contribution is -2.47. The Balaban J connectivity index is 3.73. The van der Waals surface area contributed by atoms with Gasteiger partial charge in [-0.1, -0.05) is 46.5 Å². The first kappa shape index (κ1) is 20.9. The van der Waals surface area contributed by atoms with Gasteiger partial charge in [-0.2, -0.15) is 0 Å². The van der Waals surface area contributed by atoms with E-state index in [1.54, 1.807) is 13.8 Å². The fraction of sp³-hybridized carbons (Fsp3) is 0.875. The molecule has 0 aliphatic carbocycles. The van der Waals surface area contributed by atoms with Crippen LogP contribution in [0.3, 0.4) is 0 Å². The molecule has 1 atom stereocenters. The summed E-state index contributed by atoms with van der Waals surface area (Å²) in [5.74, 6) is -0.564. The normalized spacial score (nSPS) is 12.8. The molecule has 0 spiro atoms. The number of rotatable bonds is 12. The standard InChI is InChI=1S/C16H33N3O3/c1-4-5-6-7-8-10-18-13(20)9-11-19-15(22)14(21)16(2,3)12-17/h14,21H,4-12,17H2,1-3H3,(H,18,20)(H,19,22). The molecule has 0 rings (SSSR count). The molecule has 0 bridgehead atoms. The number of nitrogens with one attached hydrogen (secondary N) is 2. The molecule has 0 radical (unpaired) electrons. The van der Waals surface area contributed by atoms with Gasteiger partial charge in [-0.25, -0.2) is 0 Å². The van der Waals surface area contributed by atoms with E-state index in [4.69, 9.17) is 5.73 Å². The summed E-state index contributed by atoms with van der Waals surface area (Å²) in [7, 11) is 0. The Morgan fingerprint density at radius 2 is 1.73 bits per heavy atom. The largest absolute Gasteiger partial charge is 0.383 e. The van der Waals surface area contributed by atoms with Gasteiger partial charge in [-0.15, -0.1) is 0 Å². The molecule has 0 aromatic carbocycles. The average molecular weight is 315 g/mol. The fourth-order valence-corrected chi connectivity index (χ4v) is 1.91. The molecule has 2 amide bonds. The highest BCUT2D eigenvalue weighted by Gasteiger charge is 2.31. The predicted molar refractivity (Wildman–Crippen MR) is 88.2 cm³/mol. The van der Waals surface area contributed by atoms with Crippen LogP contribution in [0.15, 0.2) is 0 Å². The summed E-state index contributed by atoms with van der Waals surface area (Å²) in [5.41, 5.74) is 4.84. The minimum Gasteiger partial charge on any atom is -0.383 e. The topological polar surface area (TPSA) is 104 Å². The minimum atomic E-state index is -1.17. The molecule has 130 valence electrons. The number of nitrogens with two attached hydrogens (primary N) is 1. The maximum Gasteiger partial charge on any atom is 0.249 e. The van der Waals surface area contributed by atoms with Crippen molar-refractivity contribution in [2.75, 3.05) is 19.6 Å². The lowest BCUT2D eigenvalue weighted by Gasteiger charge is -2.27. The van der Waals surface area contributed by atoms with Crippen molar-refractivity contribution < 1.29 is 14.7 Å². The second-order valence-electron chi connectivity index (χ2n) is 6.40. The highest BCUT2D eigenvalue weighted by Crippen LogP contribution is 2.18. The van der Waals surface area contributed by atoms with Gasteiger partial charge in [0.15, 0.2) is 0 Å². The van der Waals surface area contributed by atoms with Crippen molar-refractivity contribution in [1.82, 2.24) is 10.6 Å². The van der Waals surface area contributed by atoms with E-state index >= 15 is 0 Å². The molecule has 22 heavy (non-hydrogen) atoms. The molecule has 0 aromatic rings. The van der Waals surface area contributed by atoms with Crippen molar-refractivity contribution in [3.63, 3.8) is 0 Å². The summed E-state index contributed by atoms with van der Waals surface area (Å²) in [6, 6.07) is 0. The zero-order valence-electron chi connectivity index (χ0n) is 14.3. The molecule has 0 saturated carbocycles. The highest BCUT2D eigenvalue weighted by molar-refractivity contribution is 5.82. The molecule has 0 heterocycles. The van der Waals surface area contributed by atoms with Crippen molar-refractivity contribution in [3.8, 4) is 0 Å². The number of aliphatic hydroxyl groups is 1. The second kappa shape index (κ2) is 11.4. The molecule has 0 saturated heterocycles. The van der Waals surface area contributed by atoms with Gasteiger partial charge in [0.2, 0.25) is 11.8 Å². The van der Waals surface area contributed by atoms with Crippen molar-refractivity contribution in [2.24, 2.45) is 11.1 Å². The predicted octanol–water partition coefficient (Wildman–Crippen LogP) is 0.925. The molecule has 6 heteroatoms. The Kier molecular flexibility index (Phi) is 10.8. The lowest BCUT2D eigenvalue weighted by molar-refractivity contribution is -0.135. The molecule has 0 aliphatic rings. The maximum absolute atomic E-state index is 11.7. The van der Waals surface area contributed by atoms with Gasteiger partial charge in [-0.05, 0) is 6.42 Å². The van der Waals surface area contributed by atoms with E-state index in [1.165, 1.54) is 19.3 Å². The van der Waals surface area contributed by atoms with Crippen LogP contribution in [-0.4, -0.2) is 42.7 Å². The number of hydrogen-bond acceptors (Lipinski definition) is 4. The quantitative estimate of drug-likeness (QED) is 0.402. The molecule has 0 fully saturated rings. The zero-order chi connectivity index (χ0) is 17.0. The van der Waals surface area contributed by atoms with Crippen molar-refractivity contribution in [3.05, 3.63) is 0 Å². The maximum atomic E-state index is 11.7. The first-order valence-corrected chi connectivity index (χ1v) is 8.27. The molecule has 0 aromatic heterocycles. The molecule has 6 nitrogen and oxygen atoms in total. The molecular formula is C16H33N3O3. The van der Waals surface area contributed by atoms with E-state index in [9.17, 15) is 14.7 Å². The third-order valence-corrected chi connectivity index (χ3v) is 3.77. The third kappa shape index (κ3) is 9.00. The van der Waals surface area contributed by atoms with Crippen LogP contribution < -0.4 is 16.4 Å². The van der Waals surface area contributed by atoms with Crippen LogP contribution in [0.25, 0.3) is 0 Å². The van der Waals surface area contributed by atoms with Crippen LogP contribution in [-0.2, 0) is 9.59 Å². The zero-order valence-corrected chi connectivity index (χ0v) is 14.3. The monoisotopic (exact) mass is 315 g/mol. The van der Waals surface area contributed by atoms with Gasteiger partial charge in [0.1, 0.15) is 6.10 Å². The summed E-state index contributed by atoms with van der Waals surface area (Å²) in [6.07, 6.45) is 4.82. The van der Waals surface area contributed by atoms with Crippen LogP contribution in [0.2, 0.25) is 0 Å². The number of unbranched alkanes of at least 4 members (excludes halogenated alkanes) is 4. The fourth-order valence-electron chi connectivity index (χ4n) is 1.91. The Morgan fingerprint density at radius 3 is 2.32 bits per heavy atom. The summed E-state index contributed by atoms with van der Waals surface area (Å²) in [5, 5.41) is 15.3. The van der Waals surface area contributed by atoms with Gasteiger partial charge in [0.25, 0.3) is 0 Å². The van der Waals surface area contributed by atoms with Crippen molar-refractivity contribution in [2.45, 2.75) is 65.4 Å². The first-order chi connectivity index (χ1) is 10.3. The van der Waals surface area contributed by atoms with E-state index < -0.39 is 17.4 Å². The second-order valence-corrected chi connectivity index (χ2v) is 6.40. The Labute approximate surface area is 134 Å². The number of carbonyl (C=O) groups excluding carboxylic acids is 2. The minimum absolute atomic E-state index is 0.0802. The van der Waals surface area contributed by atoms with Crippen LogP contribution >= 0.6 is 0 Å². The van der Waals surface area contributed by atoms with E-state index in [-0.39, 0.29) is 25.4 Å². The summed E-state index contributed by atoms with van der Waals surface area (Å²) in [6.45, 7) is 6.73. The van der Waals surface area contributed by atoms with Crippen LogP contribution in [0.4, 0.5) is 0 Å². The summed E-state index contributed by atoms with van der Waals surface area (Å²) < 4.78 is 0. The van der Waals surface area contributed by atoms with Gasteiger partial charge >= 0.3 is 0 Å². The van der Waals surface area contributed by atoms with E-state index in [0.29, 0.717) is 6.54 Å². The number of carbonyl (C=O) groups is 2. The van der Waals surface area contributed by atoms with Crippen molar-refractivity contribution in [1.29, 1.82) is 0 Å². The smallest absolute Gasteiger partial charge is 0.249 e. The van der Waals surface area contributed by atoms with Crippen LogP contribution in [0.1, 0.15) is 59.3 Å². The third-order valence-electron chi connectivity index (χ3n) is 3.77. The van der Waals surface area contributed by atoms with E-state index in [2.05, 4.69) is 17.6 Å². The summed E-state index contributed by atoms with van der Waals surface area (Å²) >= 11 is 0. The van der Waals surface area contributed by atoms with Gasteiger partial charge in [0, 0.05) is 31.5 Å². The van der Waals surface area contributed by atoms with Crippen LogP contribution in [0, 0.1) is 5.41 Å². The van der Waals surface area contributed by atoms with E-state index in [0.717, 1.165) is 12.8 Å². The van der Waals surface area contributed by atoms with E-state index in [1.807, 2.05) is 0 Å². The summed E-state index contributed by atoms with van der Waals surface area (Å²) in [4.78, 5) is 23.3. The van der Waals surface area contributed by atoms with Crippen molar-refractivity contribution >= 4 is 11.8 Å². The molecule has 5 N–H and O–H groups in total. The Bertz CT molecular complexity index is 333. The molecule has 0 aliphatic heterocycles. The molecular weight excluding hydrogens is 282 g/mol. The highest BCUT2D eigenvalue weighted by atomic mass is 16.3. The number of hydrogen-bond donors (Lipinski definition) is 4. The number of amides is 2. The van der Waals surface area contributed by atoms with Gasteiger partial charge < -0.3 is 21.5 Å². The lowest BCUT2D eigenvalue weighted by atomic mass is 9.86. The SMILES string of the molecule is CCCCCCCNC(=O)CCNC(=O)C(O)C(C)(C)CN. The Morgan fingerprint density at radius 1 is 1.09 bits per heavy atom. The average Bonchev–Trinajstić information content (AvgIpc) is 2.49. The Hall–Kier alpha value is -1.14. The van der Waals surface area contributed by atoms with Gasteiger partial charge in [-0.3, -0.25) is 9.59 Å². The van der Waals surface area contributed by atoms with Gasteiger partial charge in [0.05, 0.1) is 0 Å². The first-order valence-electron chi connectivity index (χ1n) is 8.27. The number of aliphatic hydroxyl groups excluding tert-OH is 1. The molecule has 1 unspecified atom stereocenters. The van der Waals surface area contributed by atoms with Crippen LogP contribution in [0.5, 0.6) is 0 Å².